The minimum absolute atomic E-state index is 0.0537. The summed E-state index contributed by atoms with van der Waals surface area (Å²) >= 11 is 0. The molecule has 0 aliphatic carbocycles. The molecule has 0 saturated heterocycles. The average Bonchev–Trinajstić information content (AvgIpc) is 3.11. The molecule has 0 spiro atoms. The van der Waals surface area contributed by atoms with Gasteiger partial charge in [-0.15, -0.1) is 0 Å². The topological polar surface area (TPSA) is 75.7 Å². The van der Waals surface area contributed by atoms with Gasteiger partial charge in [0.1, 0.15) is 0 Å². The molecule has 1 amide bonds. The van der Waals surface area contributed by atoms with Crippen molar-refractivity contribution in [2.24, 2.45) is 0 Å². The summed E-state index contributed by atoms with van der Waals surface area (Å²) in [4.78, 5) is 13.9. The molecule has 2 aromatic carbocycles. The molecule has 1 aliphatic rings. The lowest BCUT2D eigenvalue weighted by molar-refractivity contribution is -0.118. The summed E-state index contributed by atoms with van der Waals surface area (Å²) < 4.78 is 33.1. The van der Waals surface area contributed by atoms with Crippen LogP contribution < -0.4 is 9.62 Å². The van der Waals surface area contributed by atoms with E-state index in [0.717, 1.165) is 16.8 Å². The summed E-state index contributed by atoms with van der Waals surface area (Å²) in [6.07, 6.45) is 1.11. The zero-order valence-corrected chi connectivity index (χ0v) is 16.2. The first-order chi connectivity index (χ1) is 13.0. The number of benzene rings is 2. The number of ether oxygens (including phenoxy) is 1. The second-order valence-electron chi connectivity index (χ2n) is 6.38. The summed E-state index contributed by atoms with van der Waals surface area (Å²) in [5.41, 5.74) is 2.75. The zero-order valence-electron chi connectivity index (χ0n) is 15.3. The van der Waals surface area contributed by atoms with Crippen molar-refractivity contribution in [2.75, 3.05) is 24.6 Å². The van der Waals surface area contributed by atoms with Gasteiger partial charge in [-0.05, 0) is 35.7 Å². The molecule has 0 radical (unpaired) electrons. The van der Waals surface area contributed by atoms with Gasteiger partial charge in [-0.1, -0.05) is 37.3 Å². The van der Waals surface area contributed by atoms with Crippen molar-refractivity contribution in [3.8, 4) is 0 Å². The lowest BCUT2D eigenvalue weighted by atomic mass is 10.2. The Kier molecular flexibility index (Phi) is 6.26. The first-order valence-corrected chi connectivity index (χ1v) is 10.5. The van der Waals surface area contributed by atoms with Crippen LogP contribution in [0.2, 0.25) is 0 Å². The number of hydrogen-bond donors (Lipinski definition) is 1. The van der Waals surface area contributed by atoms with Gasteiger partial charge in [-0.3, -0.25) is 4.79 Å². The minimum Gasteiger partial charge on any atom is -0.375 e. The van der Waals surface area contributed by atoms with Crippen LogP contribution in [-0.2, 0) is 32.6 Å². The van der Waals surface area contributed by atoms with E-state index in [2.05, 4.69) is 4.72 Å². The molecule has 0 aromatic heterocycles. The van der Waals surface area contributed by atoms with Crippen LogP contribution in [0.15, 0.2) is 53.4 Å². The normalized spacial score (nSPS) is 13.6. The average molecular weight is 388 g/mol. The molecular formula is C20H24N2O4S. The maximum Gasteiger partial charge on any atom is 0.240 e. The molecule has 1 N–H and O–H groups in total. The minimum atomic E-state index is -3.60. The van der Waals surface area contributed by atoms with E-state index in [1.165, 1.54) is 0 Å². The van der Waals surface area contributed by atoms with Crippen LogP contribution in [-0.4, -0.2) is 34.0 Å². The standard InChI is InChI=1S/C20H24N2O4S/c1-2-20(23)22-12-10-17-14-18(8-9-19(17)22)27(24,25)21-11-13-26-15-16-6-4-3-5-7-16/h3-9,14,21H,2,10-13,15H2,1H3. The van der Waals surface area contributed by atoms with Crippen LogP contribution in [0, 0.1) is 0 Å². The first-order valence-electron chi connectivity index (χ1n) is 9.06. The van der Waals surface area contributed by atoms with Crippen molar-refractivity contribution < 1.29 is 17.9 Å². The highest BCUT2D eigenvalue weighted by Gasteiger charge is 2.25. The number of nitrogens with zero attached hydrogens (tertiary/aromatic N) is 1. The van der Waals surface area contributed by atoms with Crippen LogP contribution in [0.25, 0.3) is 0 Å². The molecule has 144 valence electrons. The predicted octanol–water partition coefficient (Wildman–Crippen LogP) is 2.48. The van der Waals surface area contributed by atoms with Crippen molar-refractivity contribution in [3.05, 3.63) is 59.7 Å². The van der Waals surface area contributed by atoms with Gasteiger partial charge in [0, 0.05) is 25.2 Å². The number of anilines is 1. The molecule has 0 fully saturated rings. The molecule has 7 heteroatoms. The monoisotopic (exact) mass is 388 g/mol. The van der Waals surface area contributed by atoms with Crippen molar-refractivity contribution in [2.45, 2.75) is 31.3 Å². The molecule has 1 aliphatic heterocycles. The highest BCUT2D eigenvalue weighted by Crippen LogP contribution is 2.30. The van der Waals surface area contributed by atoms with Gasteiger partial charge in [0.25, 0.3) is 0 Å². The van der Waals surface area contributed by atoms with Crippen LogP contribution >= 0.6 is 0 Å². The number of carbonyl (C=O) groups is 1. The fourth-order valence-electron chi connectivity index (χ4n) is 3.09. The van der Waals surface area contributed by atoms with Crippen LogP contribution in [0.5, 0.6) is 0 Å². The van der Waals surface area contributed by atoms with E-state index >= 15 is 0 Å². The van der Waals surface area contributed by atoms with E-state index in [-0.39, 0.29) is 24.0 Å². The highest BCUT2D eigenvalue weighted by molar-refractivity contribution is 7.89. The quantitative estimate of drug-likeness (QED) is 0.705. The predicted molar refractivity (Wildman–Crippen MR) is 104 cm³/mol. The van der Waals surface area contributed by atoms with E-state index < -0.39 is 10.0 Å². The van der Waals surface area contributed by atoms with Gasteiger partial charge < -0.3 is 9.64 Å². The second-order valence-corrected chi connectivity index (χ2v) is 8.14. The van der Waals surface area contributed by atoms with Gasteiger partial charge in [0.05, 0.1) is 18.1 Å². The Morgan fingerprint density at radius 1 is 1.19 bits per heavy atom. The molecule has 0 atom stereocenters. The van der Waals surface area contributed by atoms with Crippen LogP contribution in [0.4, 0.5) is 5.69 Å². The molecule has 0 saturated carbocycles. The Bertz CT molecular complexity index is 897. The van der Waals surface area contributed by atoms with Crippen molar-refractivity contribution >= 4 is 21.6 Å². The summed E-state index contributed by atoms with van der Waals surface area (Å²) in [5, 5.41) is 0. The van der Waals surface area contributed by atoms with E-state index in [0.29, 0.717) is 26.0 Å². The molecule has 3 rings (SSSR count). The van der Waals surface area contributed by atoms with E-state index in [1.807, 2.05) is 37.3 Å². The van der Waals surface area contributed by atoms with Gasteiger partial charge in [-0.25, -0.2) is 13.1 Å². The zero-order chi connectivity index (χ0) is 19.3. The van der Waals surface area contributed by atoms with E-state index in [1.54, 1.807) is 23.1 Å². The number of nitrogens with one attached hydrogen (secondary N) is 1. The van der Waals surface area contributed by atoms with Crippen molar-refractivity contribution in [1.29, 1.82) is 0 Å². The van der Waals surface area contributed by atoms with Gasteiger partial charge in [-0.2, -0.15) is 0 Å². The smallest absolute Gasteiger partial charge is 0.240 e. The van der Waals surface area contributed by atoms with Crippen LogP contribution in [0.3, 0.4) is 0 Å². The van der Waals surface area contributed by atoms with Crippen molar-refractivity contribution in [3.63, 3.8) is 0 Å². The largest absolute Gasteiger partial charge is 0.375 e. The van der Waals surface area contributed by atoms with Crippen molar-refractivity contribution in [1.82, 2.24) is 4.72 Å². The SMILES string of the molecule is CCC(=O)N1CCc2cc(S(=O)(=O)NCCOCc3ccccc3)ccc21. The van der Waals surface area contributed by atoms with E-state index in [9.17, 15) is 13.2 Å². The third-order valence-corrected chi connectivity index (χ3v) is 5.97. The second kappa shape index (κ2) is 8.65. The Morgan fingerprint density at radius 2 is 1.96 bits per heavy atom. The Morgan fingerprint density at radius 3 is 2.70 bits per heavy atom. The first kappa shape index (κ1) is 19.5. The lowest BCUT2D eigenvalue weighted by Gasteiger charge is -2.16. The number of fused-ring (bicyclic) bond motifs is 1. The maximum atomic E-state index is 12.5. The summed E-state index contributed by atoms with van der Waals surface area (Å²) in [7, 11) is -3.60. The number of hydrogen-bond acceptors (Lipinski definition) is 4. The molecule has 6 nitrogen and oxygen atoms in total. The summed E-state index contributed by atoms with van der Waals surface area (Å²) in [6, 6.07) is 14.7. The summed E-state index contributed by atoms with van der Waals surface area (Å²) in [5.74, 6) is 0.0537. The molecule has 27 heavy (non-hydrogen) atoms. The van der Waals surface area contributed by atoms with Gasteiger partial charge >= 0.3 is 0 Å². The number of rotatable bonds is 8. The fraction of sp³-hybridized carbons (Fsp3) is 0.350. The molecular weight excluding hydrogens is 364 g/mol. The maximum absolute atomic E-state index is 12.5. The third-order valence-electron chi connectivity index (χ3n) is 4.51. The van der Waals surface area contributed by atoms with Crippen LogP contribution in [0.1, 0.15) is 24.5 Å². The highest BCUT2D eigenvalue weighted by atomic mass is 32.2. The molecule has 0 unspecified atom stereocenters. The Balaban J connectivity index is 1.55. The van der Waals surface area contributed by atoms with Gasteiger partial charge in [0.15, 0.2) is 0 Å². The molecule has 1 heterocycles. The molecule has 2 aromatic rings. The molecule has 0 bridgehead atoms. The number of amides is 1. The third kappa shape index (κ3) is 4.74. The Labute approximate surface area is 160 Å². The number of sulfonamides is 1. The van der Waals surface area contributed by atoms with Gasteiger partial charge in [0.2, 0.25) is 15.9 Å². The van der Waals surface area contributed by atoms with E-state index in [4.69, 9.17) is 4.74 Å². The lowest BCUT2D eigenvalue weighted by Crippen LogP contribution is -2.28. The number of carbonyl (C=O) groups excluding carboxylic acids is 1. The fourth-order valence-corrected chi connectivity index (χ4v) is 4.15. The Hall–Kier alpha value is -2.22. The summed E-state index contributed by atoms with van der Waals surface area (Å²) in [6.45, 7) is 3.36.